The molecule has 9 nitrogen and oxygen atoms in total. The number of nitrogen functional groups attached to an aromatic ring is 1. The van der Waals surface area contributed by atoms with E-state index in [1.807, 2.05) is 25.1 Å². The Morgan fingerprint density at radius 2 is 1.91 bits per heavy atom. The second-order valence-corrected chi connectivity index (χ2v) is 7.66. The normalized spacial score (nSPS) is 12.3. The molecule has 7 N–H and O–H groups in total. The maximum Gasteiger partial charge on any atom is 0.260 e. The van der Waals surface area contributed by atoms with Gasteiger partial charge in [0.2, 0.25) is 5.95 Å². The lowest BCUT2D eigenvalue weighted by Crippen LogP contribution is -2.34. The summed E-state index contributed by atoms with van der Waals surface area (Å²) in [7, 11) is 3.44. The van der Waals surface area contributed by atoms with E-state index < -0.39 is 0 Å². The van der Waals surface area contributed by atoms with E-state index in [1.165, 1.54) is 17.0 Å². The third-order valence-electron chi connectivity index (χ3n) is 5.24. The minimum atomic E-state index is -0.219. The molecular weight excluding hydrogens is 416 g/mol. The Balaban J connectivity index is 2.01. The molecule has 170 valence electrons. The van der Waals surface area contributed by atoms with Crippen molar-refractivity contribution >= 4 is 41.4 Å². The molecule has 0 saturated carbocycles. The number of nitrogens with two attached hydrogens (primary N) is 3. The first-order valence-corrected chi connectivity index (χ1v) is 10.1. The van der Waals surface area contributed by atoms with Crippen LogP contribution in [0.2, 0.25) is 0 Å². The molecular formula is C24H28N8O. The van der Waals surface area contributed by atoms with Crippen LogP contribution in [0.15, 0.2) is 54.2 Å². The molecule has 2 heterocycles. The lowest BCUT2D eigenvalue weighted by Gasteiger charge is -2.15. The summed E-state index contributed by atoms with van der Waals surface area (Å²) in [5, 5.41) is 6.46. The van der Waals surface area contributed by atoms with Crippen LogP contribution in [0.1, 0.15) is 23.6 Å². The van der Waals surface area contributed by atoms with Crippen LogP contribution >= 0.6 is 0 Å². The highest BCUT2D eigenvalue weighted by Crippen LogP contribution is 2.20. The summed E-state index contributed by atoms with van der Waals surface area (Å²) in [6.45, 7) is 10.1. The number of nitrogens with zero attached hydrogens (tertiary/aromatic N) is 4. The Labute approximate surface area is 191 Å². The predicted octanol–water partition coefficient (Wildman–Crippen LogP) is 0.641. The van der Waals surface area contributed by atoms with Crippen LogP contribution in [0.4, 0.5) is 11.6 Å². The summed E-state index contributed by atoms with van der Waals surface area (Å²) >= 11 is 0. The monoisotopic (exact) mass is 444 g/mol. The van der Waals surface area contributed by atoms with E-state index in [1.54, 1.807) is 37.4 Å². The highest BCUT2D eigenvalue weighted by Gasteiger charge is 2.13. The molecule has 0 saturated heterocycles. The Bertz CT molecular complexity index is 1400. The fourth-order valence-corrected chi connectivity index (χ4v) is 3.26. The van der Waals surface area contributed by atoms with Crippen molar-refractivity contribution in [2.75, 3.05) is 18.1 Å². The Morgan fingerprint density at radius 1 is 1.24 bits per heavy atom. The van der Waals surface area contributed by atoms with Crippen molar-refractivity contribution < 1.29 is 0 Å². The highest BCUT2D eigenvalue weighted by atomic mass is 16.1. The average molecular weight is 445 g/mol. The van der Waals surface area contributed by atoms with Crippen LogP contribution in [0.25, 0.3) is 29.7 Å². The number of nitrogens with one attached hydrogen (secondary N) is 1. The van der Waals surface area contributed by atoms with E-state index in [9.17, 15) is 4.79 Å². The number of benzene rings is 1. The first kappa shape index (κ1) is 23.3. The maximum atomic E-state index is 13.0. The van der Waals surface area contributed by atoms with Crippen LogP contribution in [-0.2, 0) is 7.05 Å². The number of hydrogen-bond acceptors (Lipinski definition) is 8. The molecule has 0 radical (unpaired) electrons. The van der Waals surface area contributed by atoms with E-state index in [2.05, 4.69) is 28.4 Å². The van der Waals surface area contributed by atoms with Gasteiger partial charge in [-0.15, -0.1) is 0 Å². The first-order valence-electron chi connectivity index (χ1n) is 10.1. The van der Waals surface area contributed by atoms with E-state index in [0.717, 1.165) is 21.8 Å². The largest absolute Gasteiger partial charge is 0.398 e. The molecule has 0 unspecified atom stereocenters. The highest BCUT2D eigenvalue weighted by molar-refractivity contribution is 5.86. The van der Waals surface area contributed by atoms with Gasteiger partial charge >= 0.3 is 0 Å². The number of aromatic nitrogens is 3. The number of hydrogen-bond donors (Lipinski definition) is 4. The molecule has 33 heavy (non-hydrogen) atoms. The predicted molar refractivity (Wildman–Crippen MR) is 135 cm³/mol. The van der Waals surface area contributed by atoms with Crippen molar-refractivity contribution in [2.24, 2.45) is 18.6 Å². The minimum Gasteiger partial charge on any atom is -0.398 e. The molecule has 0 spiro atoms. The lowest BCUT2D eigenvalue weighted by molar-refractivity contribution is 0.502. The van der Waals surface area contributed by atoms with Crippen LogP contribution in [0.5, 0.6) is 0 Å². The van der Waals surface area contributed by atoms with Crippen LogP contribution in [0, 0.1) is 0 Å². The third-order valence-corrected chi connectivity index (χ3v) is 5.24. The fourth-order valence-electron chi connectivity index (χ4n) is 3.26. The van der Waals surface area contributed by atoms with Gasteiger partial charge in [-0.1, -0.05) is 19.2 Å². The number of hydrazine groups is 1. The first-order chi connectivity index (χ1) is 15.6. The number of rotatable bonds is 6. The summed E-state index contributed by atoms with van der Waals surface area (Å²) in [6, 6.07) is 7.46. The van der Waals surface area contributed by atoms with Gasteiger partial charge in [-0.2, -0.15) is 0 Å². The molecule has 0 aliphatic rings. The minimum absolute atomic E-state index is 0.153. The van der Waals surface area contributed by atoms with Crippen molar-refractivity contribution in [1.82, 2.24) is 19.5 Å². The Morgan fingerprint density at radius 3 is 2.52 bits per heavy atom. The van der Waals surface area contributed by atoms with Crippen molar-refractivity contribution in [3.05, 3.63) is 86.9 Å². The molecule has 0 atom stereocenters. The zero-order valence-electron chi connectivity index (χ0n) is 19.0. The van der Waals surface area contributed by atoms with Gasteiger partial charge in [0.25, 0.3) is 5.56 Å². The third kappa shape index (κ3) is 5.10. The van der Waals surface area contributed by atoms with Gasteiger partial charge in [-0.3, -0.25) is 4.79 Å². The molecule has 0 fully saturated rings. The van der Waals surface area contributed by atoms with Crippen LogP contribution < -0.4 is 38.6 Å². The van der Waals surface area contributed by atoms with Crippen molar-refractivity contribution in [2.45, 2.75) is 6.92 Å². The van der Waals surface area contributed by atoms with E-state index in [0.29, 0.717) is 28.1 Å². The van der Waals surface area contributed by atoms with Crippen molar-refractivity contribution in [3.8, 4) is 0 Å². The molecule has 0 aliphatic heterocycles. The molecule has 2 aromatic heterocycles. The maximum absolute atomic E-state index is 13.0. The van der Waals surface area contributed by atoms with Crippen LogP contribution in [0.3, 0.4) is 0 Å². The van der Waals surface area contributed by atoms with Gasteiger partial charge in [0.1, 0.15) is 0 Å². The molecule has 0 amide bonds. The quantitative estimate of drug-likeness (QED) is 0.321. The van der Waals surface area contributed by atoms with Gasteiger partial charge in [-0.25, -0.2) is 15.8 Å². The number of anilines is 2. The molecule has 3 aromatic rings. The SMILES string of the molecule is C=C(Nc1cc/c(=C(\C)N(C)N)c(=C)c1)c1c(/C=C(\N)c2cnc(N)nc2)ccn(C)c1=O. The molecule has 0 bridgehead atoms. The molecule has 9 heteroatoms. The zero-order valence-corrected chi connectivity index (χ0v) is 19.0. The summed E-state index contributed by atoms with van der Waals surface area (Å²) < 4.78 is 1.48. The molecule has 0 aliphatic carbocycles. The zero-order chi connectivity index (χ0) is 24.3. The number of pyridine rings is 1. The Kier molecular flexibility index (Phi) is 6.64. The van der Waals surface area contributed by atoms with E-state index in [-0.39, 0.29) is 11.5 Å². The summed E-state index contributed by atoms with van der Waals surface area (Å²) in [5.41, 5.74) is 15.6. The standard InChI is InChI=1S/C24H28N8O/c1-14-10-19(6-7-20(14)16(3)32(5)27)30-15(2)22-17(8-9-31(4)23(22)33)11-21(25)18-12-28-24(26)29-13-18/h6-13,30H,1-2,25,27H2,3-5H3,(H2,26,28,29)/b20-16-,21-11-. The Hall–Kier alpha value is -4.37. The molecule has 1 aromatic carbocycles. The van der Waals surface area contributed by atoms with Crippen molar-refractivity contribution in [1.29, 1.82) is 0 Å². The van der Waals surface area contributed by atoms with Gasteiger partial charge in [-0.05, 0) is 42.0 Å². The van der Waals surface area contributed by atoms with E-state index in [4.69, 9.17) is 17.3 Å². The fraction of sp³-hybridized carbons (Fsp3) is 0.125. The van der Waals surface area contributed by atoms with Crippen molar-refractivity contribution in [3.63, 3.8) is 0 Å². The summed E-state index contributed by atoms with van der Waals surface area (Å²) in [4.78, 5) is 20.9. The van der Waals surface area contributed by atoms with Gasteiger partial charge in [0.05, 0.1) is 5.56 Å². The molecule has 3 rings (SSSR count). The average Bonchev–Trinajstić information content (AvgIpc) is 2.76. The summed E-state index contributed by atoms with van der Waals surface area (Å²) in [5.74, 6) is 5.99. The second kappa shape index (κ2) is 9.41. The smallest absolute Gasteiger partial charge is 0.260 e. The topological polar surface area (TPSA) is 141 Å². The van der Waals surface area contributed by atoms with Gasteiger partial charge in [0, 0.05) is 66.2 Å². The second-order valence-electron chi connectivity index (χ2n) is 7.66. The number of aryl methyl sites for hydroxylation is 1. The van der Waals surface area contributed by atoms with Crippen LogP contribution in [-0.4, -0.2) is 26.6 Å². The lowest BCUT2D eigenvalue weighted by atomic mass is 10.0. The van der Waals surface area contributed by atoms with Gasteiger partial charge < -0.3 is 26.4 Å². The van der Waals surface area contributed by atoms with E-state index >= 15 is 0 Å². The summed E-state index contributed by atoms with van der Waals surface area (Å²) in [6.07, 6.45) is 6.40. The van der Waals surface area contributed by atoms with Gasteiger partial charge in [0.15, 0.2) is 0 Å².